The third-order valence-corrected chi connectivity index (χ3v) is 4.56. The van der Waals surface area contributed by atoms with E-state index in [-0.39, 0.29) is 18.9 Å². The lowest BCUT2D eigenvalue weighted by atomic mass is 10.4. The van der Waals surface area contributed by atoms with Crippen LogP contribution in [0.25, 0.3) is 0 Å². The Morgan fingerprint density at radius 1 is 1.38 bits per heavy atom. The largest absolute Gasteiger partial charge is 0.396 e. The smallest absolute Gasteiger partial charge is 0.211 e. The summed E-state index contributed by atoms with van der Waals surface area (Å²) in [6.45, 7) is 0.300. The number of halogens is 1. The van der Waals surface area contributed by atoms with Crippen molar-refractivity contribution in [1.82, 2.24) is 4.72 Å². The zero-order chi connectivity index (χ0) is 12.0. The van der Waals surface area contributed by atoms with Gasteiger partial charge in [0.25, 0.3) is 0 Å². The molecule has 7 heteroatoms. The predicted molar refractivity (Wildman–Crippen MR) is 66.3 cm³/mol. The molecule has 1 aromatic rings. The van der Waals surface area contributed by atoms with Crippen molar-refractivity contribution >= 4 is 33.0 Å². The zero-order valence-corrected chi connectivity index (χ0v) is 11.0. The number of sulfonamides is 1. The van der Waals surface area contributed by atoms with E-state index in [0.29, 0.717) is 17.2 Å². The first-order valence-corrected chi connectivity index (χ1v) is 7.70. The van der Waals surface area contributed by atoms with Crippen LogP contribution in [0.15, 0.2) is 12.1 Å². The molecule has 1 rings (SSSR count). The molecule has 0 aliphatic carbocycles. The molecule has 0 radical (unpaired) electrons. The van der Waals surface area contributed by atoms with Gasteiger partial charge in [0, 0.05) is 18.0 Å². The molecule has 0 aliphatic heterocycles. The number of thiophene rings is 1. The summed E-state index contributed by atoms with van der Waals surface area (Å²) >= 11 is 7.08. The van der Waals surface area contributed by atoms with Crippen LogP contribution in [0.2, 0.25) is 4.34 Å². The summed E-state index contributed by atoms with van der Waals surface area (Å²) in [6.07, 6.45) is 0.975. The van der Waals surface area contributed by atoms with Gasteiger partial charge in [0.2, 0.25) is 10.0 Å². The van der Waals surface area contributed by atoms with Crippen molar-refractivity contribution in [2.75, 3.05) is 12.4 Å². The standard InChI is InChI=1S/C9H14ClNO3S2/c10-9-4-3-8(15-9)7-11-16(13,14)6-2-1-5-12/h3-4,11-12H,1-2,5-7H2. The van der Waals surface area contributed by atoms with Gasteiger partial charge in [0.05, 0.1) is 10.1 Å². The third-order valence-electron chi connectivity index (χ3n) is 1.92. The number of hydrogen-bond acceptors (Lipinski definition) is 4. The van der Waals surface area contributed by atoms with Gasteiger partial charge in [-0.05, 0) is 25.0 Å². The van der Waals surface area contributed by atoms with E-state index < -0.39 is 10.0 Å². The van der Waals surface area contributed by atoms with Crippen molar-refractivity contribution in [2.45, 2.75) is 19.4 Å². The number of nitrogens with one attached hydrogen (secondary N) is 1. The molecule has 0 atom stereocenters. The molecule has 2 N–H and O–H groups in total. The Morgan fingerprint density at radius 3 is 2.69 bits per heavy atom. The van der Waals surface area contributed by atoms with Gasteiger partial charge in [-0.1, -0.05) is 11.6 Å². The lowest BCUT2D eigenvalue weighted by molar-refractivity contribution is 0.287. The average molecular weight is 284 g/mol. The number of unbranched alkanes of at least 4 members (excludes halogenated alkanes) is 1. The fraction of sp³-hybridized carbons (Fsp3) is 0.556. The molecule has 4 nitrogen and oxygen atoms in total. The molecule has 0 aliphatic rings. The minimum Gasteiger partial charge on any atom is -0.396 e. The summed E-state index contributed by atoms with van der Waals surface area (Å²) in [5, 5.41) is 8.55. The normalized spacial score (nSPS) is 11.9. The topological polar surface area (TPSA) is 66.4 Å². The average Bonchev–Trinajstić information content (AvgIpc) is 2.62. The van der Waals surface area contributed by atoms with Crippen LogP contribution in [0, 0.1) is 0 Å². The first-order valence-electron chi connectivity index (χ1n) is 4.86. The minimum absolute atomic E-state index is 0.0239. The van der Waals surface area contributed by atoms with E-state index in [0.717, 1.165) is 4.88 Å². The van der Waals surface area contributed by atoms with Crippen molar-refractivity contribution in [3.05, 3.63) is 21.3 Å². The molecule has 1 heterocycles. The number of aliphatic hydroxyl groups is 1. The maximum Gasteiger partial charge on any atom is 0.211 e. The van der Waals surface area contributed by atoms with Crippen molar-refractivity contribution in [2.24, 2.45) is 0 Å². The monoisotopic (exact) mass is 283 g/mol. The Balaban J connectivity index is 2.36. The van der Waals surface area contributed by atoms with E-state index >= 15 is 0 Å². The molecule has 0 spiro atoms. The molecule has 16 heavy (non-hydrogen) atoms. The highest BCUT2D eigenvalue weighted by molar-refractivity contribution is 7.89. The Hall–Kier alpha value is -0.140. The summed E-state index contributed by atoms with van der Waals surface area (Å²) in [7, 11) is -3.24. The van der Waals surface area contributed by atoms with Gasteiger partial charge in [-0.15, -0.1) is 11.3 Å². The molecule has 0 saturated heterocycles. The van der Waals surface area contributed by atoms with E-state index in [1.165, 1.54) is 11.3 Å². The molecule has 0 aromatic carbocycles. The highest BCUT2D eigenvalue weighted by atomic mass is 35.5. The van der Waals surface area contributed by atoms with E-state index in [9.17, 15) is 8.42 Å². The SMILES string of the molecule is O=S(=O)(CCCCO)NCc1ccc(Cl)s1. The van der Waals surface area contributed by atoms with Crippen molar-refractivity contribution in [1.29, 1.82) is 0 Å². The predicted octanol–water partition coefficient (Wildman–Crippen LogP) is 1.59. The number of rotatable bonds is 7. The Kier molecular flexibility index (Phi) is 5.71. The van der Waals surface area contributed by atoms with Gasteiger partial charge in [-0.3, -0.25) is 0 Å². The van der Waals surface area contributed by atoms with E-state index in [2.05, 4.69) is 4.72 Å². The molecular formula is C9H14ClNO3S2. The Bertz CT molecular complexity index is 416. The van der Waals surface area contributed by atoms with E-state index in [1.54, 1.807) is 12.1 Å². The number of aliphatic hydroxyl groups excluding tert-OH is 1. The van der Waals surface area contributed by atoms with Crippen LogP contribution in [0.3, 0.4) is 0 Å². The van der Waals surface area contributed by atoms with Crippen molar-refractivity contribution in [3.8, 4) is 0 Å². The number of hydrogen-bond donors (Lipinski definition) is 2. The molecule has 0 fully saturated rings. The first-order chi connectivity index (χ1) is 7.53. The lowest BCUT2D eigenvalue weighted by Gasteiger charge is -2.04. The van der Waals surface area contributed by atoms with Gasteiger partial charge in [-0.25, -0.2) is 13.1 Å². The van der Waals surface area contributed by atoms with Gasteiger partial charge < -0.3 is 5.11 Å². The molecule has 92 valence electrons. The van der Waals surface area contributed by atoms with Crippen molar-refractivity contribution < 1.29 is 13.5 Å². The minimum atomic E-state index is -3.24. The fourth-order valence-corrected chi connectivity index (χ4v) is 3.33. The molecular weight excluding hydrogens is 270 g/mol. The van der Waals surface area contributed by atoms with Crippen LogP contribution in [0.5, 0.6) is 0 Å². The molecule has 0 bridgehead atoms. The van der Waals surface area contributed by atoms with Gasteiger partial charge in [-0.2, -0.15) is 0 Å². The third kappa shape index (κ3) is 5.27. The van der Waals surface area contributed by atoms with Crippen LogP contribution in [-0.2, 0) is 16.6 Å². The van der Waals surface area contributed by atoms with Gasteiger partial charge >= 0.3 is 0 Å². The summed E-state index contributed by atoms with van der Waals surface area (Å²) < 4.78 is 26.1. The summed E-state index contributed by atoms with van der Waals surface area (Å²) in [5.74, 6) is 0.0483. The summed E-state index contributed by atoms with van der Waals surface area (Å²) in [6, 6.07) is 3.53. The highest BCUT2D eigenvalue weighted by Gasteiger charge is 2.09. The zero-order valence-electron chi connectivity index (χ0n) is 8.65. The molecule has 0 saturated carbocycles. The second kappa shape index (κ2) is 6.56. The van der Waals surface area contributed by atoms with Crippen molar-refractivity contribution in [3.63, 3.8) is 0 Å². The van der Waals surface area contributed by atoms with Gasteiger partial charge in [0.15, 0.2) is 0 Å². The van der Waals surface area contributed by atoms with Crippen LogP contribution in [-0.4, -0.2) is 25.9 Å². The van der Waals surface area contributed by atoms with E-state index in [1.807, 2.05) is 0 Å². The van der Waals surface area contributed by atoms with Crippen LogP contribution < -0.4 is 4.72 Å². The molecule has 0 amide bonds. The highest BCUT2D eigenvalue weighted by Crippen LogP contribution is 2.21. The second-order valence-corrected chi connectivity index (χ2v) is 7.00. The molecule has 1 aromatic heterocycles. The fourth-order valence-electron chi connectivity index (χ4n) is 1.10. The Labute approximate surface area is 104 Å². The molecule has 0 unspecified atom stereocenters. The van der Waals surface area contributed by atoms with Gasteiger partial charge in [0.1, 0.15) is 0 Å². The maximum atomic E-state index is 11.5. The van der Waals surface area contributed by atoms with Crippen LogP contribution >= 0.6 is 22.9 Å². The quantitative estimate of drug-likeness (QED) is 0.747. The van der Waals surface area contributed by atoms with E-state index in [4.69, 9.17) is 16.7 Å². The van der Waals surface area contributed by atoms with Crippen LogP contribution in [0.4, 0.5) is 0 Å². The Morgan fingerprint density at radius 2 is 2.12 bits per heavy atom. The summed E-state index contributed by atoms with van der Waals surface area (Å²) in [4.78, 5) is 0.885. The maximum absolute atomic E-state index is 11.5. The lowest BCUT2D eigenvalue weighted by Crippen LogP contribution is -2.25. The van der Waals surface area contributed by atoms with Crippen LogP contribution in [0.1, 0.15) is 17.7 Å². The first kappa shape index (κ1) is 13.9. The second-order valence-electron chi connectivity index (χ2n) is 3.28. The summed E-state index contributed by atoms with van der Waals surface area (Å²) in [5.41, 5.74) is 0.